The van der Waals surface area contributed by atoms with Gasteiger partial charge in [-0.1, -0.05) is 41.9 Å². The van der Waals surface area contributed by atoms with Crippen molar-refractivity contribution < 1.29 is 0 Å². The fraction of sp³-hybridized carbons (Fsp3) is 0.143. The Morgan fingerprint density at radius 2 is 2.10 bits per heavy atom. The molecule has 1 nitrogen and oxygen atoms in total. The van der Waals surface area contributed by atoms with Crippen LogP contribution in [-0.2, 0) is 0 Å². The lowest BCUT2D eigenvalue weighted by atomic mass is 10.1. The van der Waals surface area contributed by atoms with E-state index in [1.54, 1.807) is 12.2 Å². The quantitative estimate of drug-likeness (QED) is 0.601. The van der Waals surface area contributed by atoms with E-state index < -0.39 is 0 Å². The van der Waals surface area contributed by atoms with Crippen molar-refractivity contribution >= 4 is 23.2 Å². The van der Waals surface area contributed by atoms with Crippen LogP contribution < -0.4 is 5.73 Å². The van der Waals surface area contributed by atoms with E-state index in [-0.39, 0.29) is 6.04 Å². The first-order valence-electron chi connectivity index (χ1n) is 2.81. The van der Waals surface area contributed by atoms with Gasteiger partial charge in [-0.15, -0.1) is 0 Å². The Kier molecular flexibility index (Phi) is 2.19. The molecule has 10 heavy (non-hydrogen) atoms. The maximum atomic E-state index is 5.73. The third kappa shape index (κ3) is 1.26. The summed E-state index contributed by atoms with van der Waals surface area (Å²) in [5, 5.41) is 0.936. The van der Waals surface area contributed by atoms with E-state index in [9.17, 15) is 0 Å². The van der Waals surface area contributed by atoms with Crippen LogP contribution in [-0.4, -0.2) is 6.04 Å². The van der Waals surface area contributed by atoms with E-state index in [2.05, 4.69) is 6.58 Å². The molecule has 1 aliphatic carbocycles. The molecule has 1 unspecified atom stereocenters. The van der Waals surface area contributed by atoms with Crippen LogP contribution in [0.1, 0.15) is 0 Å². The van der Waals surface area contributed by atoms with Gasteiger partial charge in [0.25, 0.3) is 0 Å². The first kappa shape index (κ1) is 7.86. The first-order valence-corrected chi connectivity index (χ1v) is 3.56. The second kappa shape index (κ2) is 2.79. The minimum absolute atomic E-state index is 0.264. The Morgan fingerprint density at radius 1 is 1.50 bits per heavy atom. The minimum atomic E-state index is -0.264. The third-order valence-electron chi connectivity index (χ3n) is 1.29. The van der Waals surface area contributed by atoms with E-state index in [1.165, 1.54) is 0 Å². The Labute approximate surface area is 69.8 Å². The summed E-state index contributed by atoms with van der Waals surface area (Å²) in [6.45, 7) is 3.66. The Balaban J connectivity index is 3.00. The molecule has 0 bridgehead atoms. The summed E-state index contributed by atoms with van der Waals surface area (Å²) >= 11 is 11.5. The number of allylic oxidation sites excluding steroid dienone is 3. The maximum Gasteiger partial charge on any atom is 0.0636 e. The van der Waals surface area contributed by atoms with Crippen molar-refractivity contribution in [2.24, 2.45) is 5.73 Å². The predicted molar refractivity (Wildman–Crippen MR) is 45.0 cm³/mol. The van der Waals surface area contributed by atoms with E-state index in [0.717, 1.165) is 0 Å². The third-order valence-corrected chi connectivity index (χ3v) is 2.27. The monoisotopic (exact) mass is 175 g/mol. The number of halogens is 2. The molecule has 0 spiro atoms. The normalized spacial score (nSPS) is 25.9. The van der Waals surface area contributed by atoms with Gasteiger partial charge in [-0.2, -0.15) is 0 Å². The zero-order valence-corrected chi connectivity index (χ0v) is 6.78. The molecule has 0 aliphatic heterocycles. The van der Waals surface area contributed by atoms with Crippen molar-refractivity contribution in [1.82, 2.24) is 0 Å². The topological polar surface area (TPSA) is 26.0 Å². The molecule has 0 fully saturated rings. The highest BCUT2D eigenvalue weighted by molar-refractivity contribution is 6.41. The van der Waals surface area contributed by atoms with Crippen molar-refractivity contribution in [3.05, 3.63) is 34.4 Å². The van der Waals surface area contributed by atoms with E-state index in [0.29, 0.717) is 15.6 Å². The minimum Gasteiger partial charge on any atom is -0.320 e. The molecule has 0 heterocycles. The Morgan fingerprint density at radius 3 is 2.60 bits per heavy atom. The molecule has 0 amide bonds. The highest BCUT2D eigenvalue weighted by atomic mass is 35.5. The smallest absolute Gasteiger partial charge is 0.0636 e. The predicted octanol–water partition coefficient (Wildman–Crippen LogP) is 2.13. The number of nitrogens with two attached hydrogens (primary N) is 1. The van der Waals surface area contributed by atoms with Crippen LogP contribution in [0.25, 0.3) is 0 Å². The van der Waals surface area contributed by atoms with Crippen molar-refractivity contribution in [3.63, 3.8) is 0 Å². The van der Waals surface area contributed by atoms with Crippen LogP contribution in [0.3, 0.4) is 0 Å². The second-order valence-electron chi connectivity index (χ2n) is 2.07. The Bertz CT molecular complexity index is 228. The molecule has 2 N–H and O–H groups in total. The molecular formula is C7H7Cl2N. The van der Waals surface area contributed by atoms with Gasteiger partial charge in [0, 0.05) is 0 Å². The van der Waals surface area contributed by atoms with Gasteiger partial charge in [0.1, 0.15) is 0 Å². The molecule has 3 heteroatoms. The molecule has 1 atom stereocenters. The molecule has 1 rings (SSSR count). The molecule has 0 aromatic heterocycles. The summed E-state index contributed by atoms with van der Waals surface area (Å²) in [6, 6.07) is -0.264. The molecular weight excluding hydrogens is 169 g/mol. The molecule has 0 aromatic carbocycles. The van der Waals surface area contributed by atoms with Crippen LogP contribution in [0, 0.1) is 0 Å². The van der Waals surface area contributed by atoms with Gasteiger partial charge in [0.15, 0.2) is 0 Å². The lowest BCUT2D eigenvalue weighted by Gasteiger charge is -2.13. The molecule has 0 saturated heterocycles. The fourth-order valence-electron chi connectivity index (χ4n) is 0.677. The van der Waals surface area contributed by atoms with E-state index in [1.807, 2.05) is 0 Å². The van der Waals surface area contributed by atoms with Crippen molar-refractivity contribution in [2.45, 2.75) is 6.04 Å². The standard InChI is InChI=1S/C7H7Cl2N/c1-4-2-3-5(10)7(9)6(4)8/h2-3,5H,1,10H2. The van der Waals surface area contributed by atoms with Gasteiger partial charge in [-0.25, -0.2) is 0 Å². The average Bonchev–Trinajstić information content (AvgIpc) is 1.93. The number of hydrogen-bond donors (Lipinski definition) is 1. The summed E-state index contributed by atoms with van der Waals surface area (Å²) in [5.74, 6) is 0. The summed E-state index contributed by atoms with van der Waals surface area (Å²) in [5.41, 5.74) is 6.24. The largest absolute Gasteiger partial charge is 0.320 e. The number of hydrogen-bond acceptors (Lipinski definition) is 1. The zero-order valence-electron chi connectivity index (χ0n) is 5.27. The van der Waals surface area contributed by atoms with Crippen molar-refractivity contribution in [2.75, 3.05) is 0 Å². The van der Waals surface area contributed by atoms with Gasteiger partial charge in [-0.05, 0) is 5.57 Å². The van der Waals surface area contributed by atoms with Gasteiger partial charge >= 0.3 is 0 Å². The summed E-state index contributed by atoms with van der Waals surface area (Å²) in [7, 11) is 0. The van der Waals surface area contributed by atoms with Crippen molar-refractivity contribution in [3.8, 4) is 0 Å². The lowest BCUT2D eigenvalue weighted by Crippen LogP contribution is -2.20. The van der Waals surface area contributed by atoms with E-state index >= 15 is 0 Å². The SMILES string of the molecule is C=C1C=CC(N)C(Cl)=C1Cl. The van der Waals surface area contributed by atoms with Crippen LogP contribution in [0.5, 0.6) is 0 Å². The van der Waals surface area contributed by atoms with Crippen LogP contribution in [0.2, 0.25) is 0 Å². The summed E-state index contributed by atoms with van der Waals surface area (Å²) < 4.78 is 0. The second-order valence-corrected chi connectivity index (χ2v) is 2.86. The fourth-order valence-corrected chi connectivity index (χ4v) is 1.06. The zero-order chi connectivity index (χ0) is 7.72. The van der Waals surface area contributed by atoms with Crippen LogP contribution >= 0.6 is 23.2 Å². The molecule has 1 aliphatic rings. The Hall–Kier alpha value is -0.240. The highest BCUT2D eigenvalue weighted by Gasteiger charge is 2.14. The van der Waals surface area contributed by atoms with E-state index in [4.69, 9.17) is 28.9 Å². The molecule has 0 radical (unpaired) electrons. The van der Waals surface area contributed by atoms with Gasteiger partial charge < -0.3 is 5.73 Å². The van der Waals surface area contributed by atoms with Crippen LogP contribution in [0.4, 0.5) is 0 Å². The van der Waals surface area contributed by atoms with Gasteiger partial charge in [0.05, 0.1) is 16.1 Å². The van der Waals surface area contributed by atoms with Gasteiger partial charge in [-0.3, -0.25) is 0 Å². The van der Waals surface area contributed by atoms with Gasteiger partial charge in [0.2, 0.25) is 0 Å². The van der Waals surface area contributed by atoms with Crippen molar-refractivity contribution in [1.29, 1.82) is 0 Å². The molecule has 54 valence electrons. The first-order chi connectivity index (χ1) is 4.63. The molecule has 0 aromatic rings. The number of rotatable bonds is 0. The highest BCUT2D eigenvalue weighted by Crippen LogP contribution is 2.27. The molecule has 0 saturated carbocycles. The summed E-state index contributed by atoms with van der Waals surface area (Å²) in [6.07, 6.45) is 3.52. The summed E-state index contributed by atoms with van der Waals surface area (Å²) in [4.78, 5) is 0. The van der Waals surface area contributed by atoms with Crippen LogP contribution in [0.15, 0.2) is 34.4 Å². The average molecular weight is 176 g/mol. The maximum absolute atomic E-state index is 5.73. The lowest BCUT2D eigenvalue weighted by molar-refractivity contribution is 0.991.